The van der Waals surface area contributed by atoms with Gasteiger partial charge in [-0.2, -0.15) is 16.9 Å². The second kappa shape index (κ2) is 7.53. The third-order valence-electron chi connectivity index (χ3n) is 3.85. The Balaban J connectivity index is 1.69. The minimum atomic E-state index is -0.134. The summed E-state index contributed by atoms with van der Waals surface area (Å²) in [7, 11) is 0. The second-order valence-corrected chi connectivity index (χ2v) is 6.60. The van der Waals surface area contributed by atoms with E-state index >= 15 is 0 Å². The van der Waals surface area contributed by atoms with Crippen molar-refractivity contribution < 1.29 is 4.79 Å². The number of para-hydroxylation sites is 2. The van der Waals surface area contributed by atoms with E-state index in [0.717, 1.165) is 34.7 Å². The molecule has 2 aromatic heterocycles. The molecule has 0 aliphatic heterocycles. The van der Waals surface area contributed by atoms with Gasteiger partial charge >= 0.3 is 0 Å². The molecule has 1 amide bonds. The lowest BCUT2D eigenvalue weighted by atomic mass is 10.3. The van der Waals surface area contributed by atoms with Crippen molar-refractivity contribution in [1.29, 1.82) is 0 Å². The minimum absolute atomic E-state index is 0.134. The summed E-state index contributed by atoms with van der Waals surface area (Å²) < 4.78 is 2.11. The van der Waals surface area contributed by atoms with Gasteiger partial charge in [0.25, 0.3) is 5.91 Å². The molecule has 6 nitrogen and oxygen atoms in total. The quantitative estimate of drug-likeness (QED) is 0.647. The standard InChI is InChI=1S/C17H21N5OS/c1-12-19-14-6-3-4-7-16(14)22(12)11-13-10-15(21-20-13)17(23)18-8-5-9-24-2/h3-4,6-7,10H,5,8-9,11H2,1-2H3,(H,18,23)(H,20,21). The summed E-state index contributed by atoms with van der Waals surface area (Å²) >= 11 is 1.78. The Labute approximate surface area is 145 Å². The smallest absolute Gasteiger partial charge is 0.271 e. The highest BCUT2D eigenvalue weighted by Gasteiger charge is 2.12. The Morgan fingerprint density at radius 2 is 2.21 bits per heavy atom. The van der Waals surface area contributed by atoms with Crippen molar-refractivity contribution in [2.45, 2.75) is 19.9 Å². The number of thioether (sulfide) groups is 1. The summed E-state index contributed by atoms with van der Waals surface area (Å²) in [5.41, 5.74) is 3.36. The van der Waals surface area contributed by atoms with E-state index in [4.69, 9.17) is 0 Å². The van der Waals surface area contributed by atoms with E-state index in [0.29, 0.717) is 18.8 Å². The van der Waals surface area contributed by atoms with Gasteiger partial charge in [0.15, 0.2) is 0 Å². The minimum Gasteiger partial charge on any atom is -0.351 e. The average Bonchev–Trinajstić information content (AvgIpc) is 3.17. The van der Waals surface area contributed by atoms with Gasteiger partial charge in [0, 0.05) is 6.54 Å². The number of aromatic amines is 1. The number of rotatable bonds is 7. The van der Waals surface area contributed by atoms with Crippen LogP contribution in [-0.4, -0.2) is 44.2 Å². The number of H-pyrrole nitrogens is 1. The highest BCUT2D eigenvalue weighted by Crippen LogP contribution is 2.17. The Morgan fingerprint density at radius 3 is 3.04 bits per heavy atom. The van der Waals surface area contributed by atoms with Crippen LogP contribution in [0, 0.1) is 6.92 Å². The van der Waals surface area contributed by atoms with Crippen molar-refractivity contribution in [3.8, 4) is 0 Å². The summed E-state index contributed by atoms with van der Waals surface area (Å²) in [5, 5.41) is 9.98. The zero-order valence-electron chi connectivity index (χ0n) is 13.9. The molecular weight excluding hydrogens is 322 g/mol. The number of imidazole rings is 1. The summed E-state index contributed by atoms with van der Waals surface area (Å²) in [6, 6.07) is 9.83. The van der Waals surface area contributed by atoms with E-state index in [1.807, 2.05) is 31.2 Å². The van der Waals surface area contributed by atoms with Gasteiger partial charge in [-0.3, -0.25) is 9.89 Å². The van der Waals surface area contributed by atoms with Crippen LogP contribution >= 0.6 is 11.8 Å². The van der Waals surface area contributed by atoms with Crippen LogP contribution in [0.1, 0.15) is 28.4 Å². The molecule has 0 saturated heterocycles. The molecule has 0 saturated carbocycles. The fourth-order valence-corrected chi connectivity index (χ4v) is 3.07. The second-order valence-electron chi connectivity index (χ2n) is 5.61. The first-order chi connectivity index (χ1) is 11.7. The van der Waals surface area contributed by atoms with E-state index < -0.39 is 0 Å². The molecule has 0 aliphatic carbocycles. The zero-order valence-corrected chi connectivity index (χ0v) is 14.7. The van der Waals surface area contributed by atoms with Crippen LogP contribution in [0.15, 0.2) is 30.3 Å². The molecule has 0 unspecified atom stereocenters. The van der Waals surface area contributed by atoms with Crippen molar-refractivity contribution >= 4 is 28.7 Å². The molecular formula is C17H21N5OS. The highest BCUT2D eigenvalue weighted by molar-refractivity contribution is 7.98. The molecule has 3 rings (SSSR count). The molecule has 7 heteroatoms. The molecule has 0 radical (unpaired) electrons. The molecule has 2 heterocycles. The van der Waals surface area contributed by atoms with Gasteiger partial charge < -0.3 is 9.88 Å². The van der Waals surface area contributed by atoms with Crippen LogP contribution in [0.5, 0.6) is 0 Å². The summed E-state index contributed by atoms with van der Waals surface area (Å²) in [6.45, 7) is 3.27. The number of hydrogen-bond donors (Lipinski definition) is 2. The van der Waals surface area contributed by atoms with Gasteiger partial charge in [-0.15, -0.1) is 0 Å². The summed E-state index contributed by atoms with van der Waals surface area (Å²) in [5.74, 6) is 1.85. The maximum absolute atomic E-state index is 12.1. The fraction of sp³-hybridized carbons (Fsp3) is 0.353. The molecule has 0 spiro atoms. The van der Waals surface area contributed by atoms with Gasteiger partial charge in [-0.25, -0.2) is 4.98 Å². The van der Waals surface area contributed by atoms with E-state index in [-0.39, 0.29) is 5.91 Å². The number of carbonyl (C=O) groups is 1. The molecule has 0 bridgehead atoms. The molecule has 0 aliphatic rings. The van der Waals surface area contributed by atoms with Crippen molar-refractivity contribution in [3.05, 3.63) is 47.5 Å². The highest BCUT2D eigenvalue weighted by atomic mass is 32.2. The molecule has 126 valence electrons. The Hall–Kier alpha value is -2.28. The van der Waals surface area contributed by atoms with Crippen molar-refractivity contribution in [2.24, 2.45) is 0 Å². The van der Waals surface area contributed by atoms with E-state index in [9.17, 15) is 4.79 Å². The van der Waals surface area contributed by atoms with Crippen LogP contribution in [0.3, 0.4) is 0 Å². The first-order valence-electron chi connectivity index (χ1n) is 7.92. The monoisotopic (exact) mass is 343 g/mol. The SMILES string of the molecule is CSCCCNC(=O)c1cc(Cn2c(C)nc3ccccc32)[nH]n1. The number of aryl methyl sites for hydroxylation is 1. The molecule has 2 N–H and O–H groups in total. The molecule has 3 aromatic rings. The Morgan fingerprint density at radius 1 is 1.38 bits per heavy atom. The van der Waals surface area contributed by atoms with Crippen LogP contribution in [0.4, 0.5) is 0 Å². The van der Waals surface area contributed by atoms with Gasteiger partial charge in [0.2, 0.25) is 0 Å². The van der Waals surface area contributed by atoms with Crippen LogP contribution in [0.25, 0.3) is 11.0 Å². The largest absolute Gasteiger partial charge is 0.351 e. The predicted octanol–water partition coefficient (Wildman–Crippen LogP) is 2.60. The lowest BCUT2D eigenvalue weighted by Gasteiger charge is -2.04. The van der Waals surface area contributed by atoms with Crippen LogP contribution < -0.4 is 5.32 Å². The lowest BCUT2D eigenvalue weighted by Crippen LogP contribution is -2.25. The van der Waals surface area contributed by atoms with Crippen molar-refractivity contribution in [2.75, 3.05) is 18.6 Å². The van der Waals surface area contributed by atoms with Crippen molar-refractivity contribution in [3.63, 3.8) is 0 Å². The molecule has 24 heavy (non-hydrogen) atoms. The third-order valence-corrected chi connectivity index (χ3v) is 4.55. The lowest BCUT2D eigenvalue weighted by molar-refractivity contribution is 0.0949. The first kappa shape index (κ1) is 16.6. The van der Waals surface area contributed by atoms with E-state index in [1.54, 1.807) is 17.8 Å². The topological polar surface area (TPSA) is 75.6 Å². The fourth-order valence-electron chi connectivity index (χ4n) is 2.63. The number of benzene rings is 1. The number of hydrogen-bond acceptors (Lipinski definition) is 4. The van der Waals surface area contributed by atoms with Crippen LogP contribution in [0.2, 0.25) is 0 Å². The Kier molecular flexibility index (Phi) is 5.20. The van der Waals surface area contributed by atoms with Gasteiger partial charge in [-0.05, 0) is 43.6 Å². The normalized spacial score (nSPS) is 11.1. The first-order valence-corrected chi connectivity index (χ1v) is 9.31. The Bertz CT molecular complexity index is 838. The summed E-state index contributed by atoms with van der Waals surface area (Å²) in [6.07, 6.45) is 3.02. The van der Waals surface area contributed by atoms with Gasteiger partial charge in [-0.1, -0.05) is 12.1 Å². The molecule has 0 atom stereocenters. The molecule has 0 fully saturated rings. The molecule has 1 aromatic carbocycles. The maximum atomic E-state index is 12.1. The van der Waals surface area contributed by atoms with Gasteiger partial charge in [0.1, 0.15) is 11.5 Å². The predicted molar refractivity (Wildman–Crippen MR) is 97.5 cm³/mol. The third kappa shape index (κ3) is 3.62. The average molecular weight is 343 g/mol. The number of amides is 1. The van der Waals surface area contributed by atoms with Crippen molar-refractivity contribution in [1.82, 2.24) is 25.1 Å². The number of carbonyl (C=O) groups excluding carboxylic acids is 1. The number of aromatic nitrogens is 4. The number of nitrogens with zero attached hydrogens (tertiary/aromatic N) is 3. The number of nitrogens with one attached hydrogen (secondary N) is 2. The zero-order chi connectivity index (χ0) is 16.9. The van der Waals surface area contributed by atoms with E-state index in [2.05, 4.69) is 31.3 Å². The summed E-state index contributed by atoms with van der Waals surface area (Å²) in [4.78, 5) is 16.6. The van der Waals surface area contributed by atoms with Crippen LogP contribution in [-0.2, 0) is 6.54 Å². The van der Waals surface area contributed by atoms with Gasteiger partial charge in [0.05, 0.1) is 23.3 Å². The van der Waals surface area contributed by atoms with E-state index in [1.165, 1.54) is 0 Å². The maximum Gasteiger partial charge on any atom is 0.271 e. The number of fused-ring (bicyclic) bond motifs is 1.